The van der Waals surface area contributed by atoms with Gasteiger partial charge in [0.15, 0.2) is 0 Å². The highest BCUT2D eigenvalue weighted by molar-refractivity contribution is 7.89. The van der Waals surface area contributed by atoms with Gasteiger partial charge in [0, 0.05) is 7.05 Å². The largest absolute Gasteiger partial charge is 0.320 e. The summed E-state index contributed by atoms with van der Waals surface area (Å²) in [7, 11) is 0.214. The monoisotopic (exact) mass is 218 g/mol. The van der Waals surface area contributed by atoms with Crippen molar-refractivity contribution in [2.45, 2.75) is 12.8 Å². The third kappa shape index (κ3) is 5.22. The summed E-state index contributed by atoms with van der Waals surface area (Å²) in [6.45, 7) is 0.989. The van der Waals surface area contributed by atoms with Crippen LogP contribution in [0, 0.1) is 12.3 Å². The normalized spacial score (nSPS) is 11.6. The molecule has 0 heterocycles. The third-order valence-corrected chi connectivity index (χ3v) is 3.75. The van der Waals surface area contributed by atoms with Crippen LogP contribution < -0.4 is 5.32 Å². The van der Waals surface area contributed by atoms with Crippen molar-refractivity contribution >= 4 is 10.0 Å². The Kier molecular flexibility index (Phi) is 6.54. The van der Waals surface area contributed by atoms with E-state index in [1.807, 2.05) is 7.05 Å². The average Bonchev–Trinajstić information content (AvgIpc) is 2.13. The smallest absolute Gasteiger partial charge is 0.214 e. The zero-order valence-corrected chi connectivity index (χ0v) is 9.60. The van der Waals surface area contributed by atoms with Crippen LogP contribution in [0.15, 0.2) is 0 Å². The van der Waals surface area contributed by atoms with Crippen LogP contribution in [0.4, 0.5) is 0 Å². The SMILES string of the molecule is C#CCN(C)S(=O)(=O)CCCCNC. The van der Waals surface area contributed by atoms with Gasteiger partial charge in [-0.2, -0.15) is 4.31 Å². The summed E-state index contributed by atoms with van der Waals surface area (Å²) < 4.78 is 24.2. The molecular formula is C9H18N2O2S. The van der Waals surface area contributed by atoms with Crippen LogP contribution in [0.3, 0.4) is 0 Å². The molecular weight excluding hydrogens is 200 g/mol. The number of hydrogen-bond donors (Lipinski definition) is 1. The Hall–Kier alpha value is -0.570. The van der Waals surface area contributed by atoms with Gasteiger partial charge >= 0.3 is 0 Å². The summed E-state index contributed by atoms with van der Waals surface area (Å²) in [5, 5.41) is 2.97. The number of terminal acetylenes is 1. The maximum Gasteiger partial charge on any atom is 0.214 e. The van der Waals surface area contributed by atoms with Crippen molar-refractivity contribution < 1.29 is 8.42 Å². The second-order valence-electron chi connectivity index (χ2n) is 3.09. The first-order chi connectivity index (χ1) is 6.54. The van der Waals surface area contributed by atoms with E-state index in [-0.39, 0.29) is 12.3 Å². The Balaban J connectivity index is 3.90. The molecule has 0 saturated heterocycles. The summed E-state index contributed by atoms with van der Waals surface area (Å²) in [5.41, 5.74) is 0. The molecule has 0 aromatic rings. The summed E-state index contributed by atoms with van der Waals surface area (Å²) in [5.74, 6) is 2.48. The topological polar surface area (TPSA) is 49.4 Å². The fraction of sp³-hybridized carbons (Fsp3) is 0.778. The van der Waals surface area contributed by atoms with Crippen molar-refractivity contribution in [2.75, 3.05) is 32.9 Å². The maximum absolute atomic E-state index is 11.5. The van der Waals surface area contributed by atoms with Crippen molar-refractivity contribution in [3.05, 3.63) is 0 Å². The predicted molar refractivity (Wildman–Crippen MR) is 58.4 cm³/mol. The van der Waals surface area contributed by atoms with E-state index in [4.69, 9.17) is 6.42 Å². The molecule has 4 nitrogen and oxygen atoms in total. The van der Waals surface area contributed by atoms with Crippen molar-refractivity contribution in [1.29, 1.82) is 0 Å². The molecule has 0 amide bonds. The Bertz CT molecular complexity index is 280. The van der Waals surface area contributed by atoms with Crippen LogP contribution in [-0.4, -0.2) is 45.7 Å². The highest BCUT2D eigenvalue weighted by Gasteiger charge is 2.15. The number of rotatable bonds is 7. The molecule has 5 heteroatoms. The fourth-order valence-electron chi connectivity index (χ4n) is 0.969. The lowest BCUT2D eigenvalue weighted by atomic mass is 10.3. The Morgan fingerprint density at radius 2 is 2.07 bits per heavy atom. The molecule has 0 aliphatic rings. The van der Waals surface area contributed by atoms with Gasteiger partial charge in [-0.15, -0.1) is 6.42 Å². The zero-order valence-electron chi connectivity index (χ0n) is 8.78. The highest BCUT2D eigenvalue weighted by Crippen LogP contribution is 2.01. The molecule has 0 aromatic heterocycles. The Morgan fingerprint density at radius 1 is 1.43 bits per heavy atom. The van der Waals surface area contributed by atoms with E-state index < -0.39 is 10.0 Å². The minimum Gasteiger partial charge on any atom is -0.320 e. The minimum atomic E-state index is -3.14. The molecule has 0 saturated carbocycles. The number of nitrogens with zero attached hydrogens (tertiary/aromatic N) is 1. The van der Waals surface area contributed by atoms with Gasteiger partial charge in [0.05, 0.1) is 12.3 Å². The molecule has 82 valence electrons. The van der Waals surface area contributed by atoms with Gasteiger partial charge in [0.1, 0.15) is 0 Å². The highest BCUT2D eigenvalue weighted by atomic mass is 32.2. The average molecular weight is 218 g/mol. The van der Waals surface area contributed by atoms with Crippen LogP contribution in [0.1, 0.15) is 12.8 Å². The molecule has 0 aliphatic heterocycles. The second-order valence-corrected chi connectivity index (χ2v) is 5.28. The molecule has 0 aromatic carbocycles. The molecule has 0 spiro atoms. The summed E-state index contributed by atoms with van der Waals surface area (Å²) in [6.07, 6.45) is 6.56. The van der Waals surface area contributed by atoms with E-state index in [0.717, 1.165) is 13.0 Å². The fourth-order valence-corrected chi connectivity index (χ4v) is 2.12. The molecule has 14 heavy (non-hydrogen) atoms. The van der Waals surface area contributed by atoms with Gasteiger partial charge in [-0.25, -0.2) is 8.42 Å². The second kappa shape index (κ2) is 6.82. The van der Waals surface area contributed by atoms with Crippen LogP contribution >= 0.6 is 0 Å². The van der Waals surface area contributed by atoms with E-state index in [9.17, 15) is 8.42 Å². The van der Waals surface area contributed by atoms with Crippen LogP contribution in [-0.2, 0) is 10.0 Å². The van der Waals surface area contributed by atoms with Gasteiger partial charge in [-0.05, 0) is 26.4 Å². The molecule has 1 N–H and O–H groups in total. The summed E-state index contributed by atoms with van der Waals surface area (Å²) in [4.78, 5) is 0. The van der Waals surface area contributed by atoms with Gasteiger partial charge in [0.25, 0.3) is 0 Å². The lowest BCUT2D eigenvalue weighted by Gasteiger charge is -2.13. The molecule has 0 aliphatic carbocycles. The molecule has 0 bridgehead atoms. The Morgan fingerprint density at radius 3 is 2.57 bits per heavy atom. The predicted octanol–water partition coefficient (Wildman–Crippen LogP) is -0.119. The van der Waals surface area contributed by atoms with Crippen LogP contribution in [0.25, 0.3) is 0 Å². The molecule has 0 atom stereocenters. The molecule has 0 rings (SSSR count). The Labute approximate surface area is 86.7 Å². The van der Waals surface area contributed by atoms with Gasteiger partial charge in [0.2, 0.25) is 10.0 Å². The van der Waals surface area contributed by atoms with Crippen molar-refractivity contribution in [3.63, 3.8) is 0 Å². The molecule has 0 fully saturated rings. The lowest BCUT2D eigenvalue weighted by Crippen LogP contribution is -2.29. The van der Waals surface area contributed by atoms with Gasteiger partial charge < -0.3 is 5.32 Å². The van der Waals surface area contributed by atoms with Crippen molar-refractivity contribution in [1.82, 2.24) is 9.62 Å². The molecule has 0 unspecified atom stereocenters. The van der Waals surface area contributed by atoms with E-state index in [1.165, 1.54) is 11.4 Å². The first kappa shape index (κ1) is 13.4. The van der Waals surface area contributed by atoms with Crippen molar-refractivity contribution in [2.24, 2.45) is 0 Å². The van der Waals surface area contributed by atoms with Crippen LogP contribution in [0.5, 0.6) is 0 Å². The number of nitrogens with one attached hydrogen (secondary N) is 1. The van der Waals surface area contributed by atoms with Gasteiger partial charge in [-0.1, -0.05) is 5.92 Å². The van der Waals surface area contributed by atoms with E-state index in [2.05, 4.69) is 11.2 Å². The quantitative estimate of drug-likeness (QED) is 0.479. The summed E-state index contributed by atoms with van der Waals surface area (Å²) >= 11 is 0. The van der Waals surface area contributed by atoms with E-state index >= 15 is 0 Å². The van der Waals surface area contributed by atoms with E-state index in [0.29, 0.717) is 6.42 Å². The number of hydrogen-bond acceptors (Lipinski definition) is 3. The van der Waals surface area contributed by atoms with E-state index in [1.54, 1.807) is 0 Å². The zero-order chi connectivity index (χ0) is 11.0. The summed E-state index contributed by atoms with van der Waals surface area (Å²) in [6, 6.07) is 0. The third-order valence-electron chi connectivity index (χ3n) is 1.87. The first-order valence-corrected chi connectivity index (χ1v) is 6.17. The maximum atomic E-state index is 11.5. The molecule has 0 radical (unpaired) electrons. The lowest BCUT2D eigenvalue weighted by molar-refractivity contribution is 0.499. The number of sulfonamides is 1. The standard InChI is InChI=1S/C9H18N2O2S/c1-4-8-11(3)14(12,13)9-6-5-7-10-2/h1,10H,5-9H2,2-3H3. The van der Waals surface area contributed by atoms with Crippen LogP contribution in [0.2, 0.25) is 0 Å². The minimum absolute atomic E-state index is 0.147. The first-order valence-electron chi connectivity index (χ1n) is 4.56. The number of unbranched alkanes of at least 4 members (excludes halogenated alkanes) is 1. The van der Waals surface area contributed by atoms with Gasteiger partial charge in [-0.3, -0.25) is 0 Å². The van der Waals surface area contributed by atoms with Crippen molar-refractivity contribution in [3.8, 4) is 12.3 Å².